The van der Waals surface area contributed by atoms with Crippen LogP contribution in [0.5, 0.6) is 0 Å². The normalized spacial score (nSPS) is 30.0. The van der Waals surface area contributed by atoms with Gasteiger partial charge in [-0.1, -0.05) is 12.1 Å². The molecule has 2 bridgehead atoms. The van der Waals surface area contributed by atoms with E-state index in [1.807, 2.05) is 18.2 Å². The van der Waals surface area contributed by atoms with Crippen molar-refractivity contribution in [2.75, 3.05) is 10.6 Å². The number of nitrogens with one attached hydrogen (secondary N) is 2. The van der Waals surface area contributed by atoms with E-state index >= 15 is 0 Å². The highest BCUT2D eigenvalue weighted by atomic mass is 16.1. The molecule has 1 aliphatic heterocycles. The van der Waals surface area contributed by atoms with E-state index < -0.39 is 0 Å². The number of hydrogen-bond acceptors (Lipinski definition) is 3. The summed E-state index contributed by atoms with van der Waals surface area (Å²) >= 11 is 0. The monoisotopic (exact) mass is 357 g/mol. The first kappa shape index (κ1) is 16.4. The van der Waals surface area contributed by atoms with E-state index in [0.29, 0.717) is 17.4 Å². The summed E-state index contributed by atoms with van der Waals surface area (Å²) in [6.45, 7) is 1.55. The SMILES string of the molecule is CC(=O)Nc1ccc2c(c1)C1C3CCC(C3)C1C(c1ccc(C#N)cc1)N2. The summed E-state index contributed by atoms with van der Waals surface area (Å²) in [4.78, 5) is 11.5. The Hall–Kier alpha value is -2.80. The lowest BCUT2D eigenvalue weighted by atomic mass is 9.68. The van der Waals surface area contributed by atoms with Gasteiger partial charge in [-0.2, -0.15) is 5.26 Å². The number of carbonyl (C=O) groups excluding carboxylic acids is 1. The van der Waals surface area contributed by atoms with Crippen LogP contribution in [0, 0.1) is 29.1 Å². The van der Waals surface area contributed by atoms with Gasteiger partial charge >= 0.3 is 0 Å². The standard InChI is InChI=1S/C23H23N3O/c1-13(27)25-18-8-9-20-19(11-18)21-16-6-7-17(10-16)22(21)23(26-20)15-4-2-14(12-24)3-5-15/h2-5,8-9,11,16-17,21-23,26H,6-7,10H2,1H3,(H,25,27). The first-order valence-electron chi connectivity index (χ1n) is 9.82. The number of benzene rings is 2. The molecule has 4 heteroatoms. The Morgan fingerprint density at radius 2 is 1.93 bits per heavy atom. The van der Waals surface area contributed by atoms with E-state index in [1.54, 1.807) is 6.92 Å². The third-order valence-corrected chi connectivity index (χ3v) is 6.81. The molecular weight excluding hydrogens is 334 g/mol. The third kappa shape index (κ3) is 2.61. The molecule has 0 saturated heterocycles. The number of rotatable bonds is 2. The Kier molecular flexibility index (Phi) is 3.72. The molecule has 2 N–H and O–H groups in total. The molecule has 27 heavy (non-hydrogen) atoms. The van der Waals surface area contributed by atoms with Gasteiger partial charge in [-0.25, -0.2) is 0 Å². The Morgan fingerprint density at radius 3 is 2.67 bits per heavy atom. The minimum Gasteiger partial charge on any atom is -0.378 e. The largest absolute Gasteiger partial charge is 0.378 e. The Morgan fingerprint density at radius 1 is 1.15 bits per heavy atom. The molecule has 2 fully saturated rings. The molecule has 2 aliphatic carbocycles. The van der Waals surface area contributed by atoms with E-state index in [9.17, 15) is 4.79 Å². The Labute approximate surface area is 159 Å². The lowest BCUT2D eigenvalue weighted by molar-refractivity contribution is -0.114. The van der Waals surface area contributed by atoms with Crippen molar-refractivity contribution in [1.82, 2.24) is 0 Å². The van der Waals surface area contributed by atoms with Gasteiger partial charge < -0.3 is 10.6 Å². The van der Waals surface area contributed by atoms with Crippen LogP contribution in [0.4, 0.5) is 11.4 Å². The zero-order valence-corrected chi connectivity index (χ0v) is 15.4. The lowest BCUT2D eigenvalue weighted by Gasteiger charge is -2.43. The fraction of sp³-hybridized carbons (Fsp3) is 0.391. The summed E-state index contributed by atoms with van der Waals surface area (Å²) in [7, 11) is 0. The van der Waals surface area contributed by atoms with Gasteiger partial charge in [0.15, 0.2) is 0 Å². The van der Waals surface area contributed by atoms with Crippen molar-refractivity contribution in [2.45, 2.75) is 38.1 Å². The van der Waals surface area contributed by atoms with E-state index in [1.165, 1.54) is 36.1 Å². The van der Waals surface area contributed by atoms with E-state index in [2.05, 4.69) is 41.0 Å². The zero-order valence-electron chi connectivity index (χ0n) is 15.4. The maximum atomic E-state index is 11.5. The molecule has 3 aliphatic rings. The van der Waals surface area contributed by atoms with Gasteiger partial charge in [-0.3, -0.25) is 4.79 Å². The topological polar surface area (TPSA) is 64.9 Å². The van der Waals surface area contributed by atoms with Gasteiger partial charge in [0.05, 0.1) is 17.7 Å². The Bertz CT molecular complexity index is 943. The highest BCUT2D eigenvalue weighted by molar-refractivity contribution is 5.89. The van der Waals surface area contributed by atoms with E-state index in [4.69, 9.17) is 5.26 Å². The Balaban J connectivity index is 1.56. The third-order valence-electron chi connectivity index (χ3n) is 6.81. The first-order chi connectivity index (χ1) is 13.1. The van der Waals surface area contributed by atoms with E-state index in [-0.39, 0.29) is 11.9 Å². The minimum absolute atomic E-state index is 0.0290. The average Bonchev–Trinajstić information content (AvgIpc) is 3.29. The van der Waals surface area contributed by atoms with Crippen LogP contribution in [-0.4, -0.2) is 5.91 Å². The number of anilines is 2. The van der Waals surface area contributed by atoms with Crippen LogP contribution < -0.4 is 10.6 Å². The number of nitrogens with zero attached hydrogens (tertiary/aromatic N) is 1. The van der Waals surface area contributed by atoms with Crippen molar-refractivity contribution in [3.05, 3.63) is 59.2 Å². The van der Waals surface area contributed by atoms with Gasteiger partial charge in [0.25, 0.3) is 0 Å². The van der Waals surface area contributed by atoms with Crippen LogP contribution in [0.1, 0.15) is 54.8 Å². The molecule has 5 unspecified atom stereocenters. The molecule has 5 rings (SSSR count). The van der Waals surface area contributed by atoms with Gasteiger partial charge in [0, 0.05) is 18.3 Å². The number of carbonyl (C=O) groups is 1. The summed E-state index contributed by atoms with van der Waals surface area (Å²) in [6.07, 6.45) is 3.95. The summed E-state index contributed by atoms with van der Waals surface area (Å²) in [5.41, 5.74) is 5.42. The fourth-order valence-electron chi connectivity index (χ4n) is 5.86. The van der Waals surface area contributed by atoms with Crippen LogP contribution in [0.15, 0.2) is 42.5 Å². The quantitative estimate of drug-likeness (QED) is 0.810. The first-order valence-corrected chi connectivity index (χ1v) is 9.82. The molecule has 2 aromatic rings. The molecular formula is C23H23N3O. The molecule has 1 amide bonds. The highest BCUT2D eigenvalue weighted by Gasteiger charge is 2.53. The summed E-state index contributed by atoms with van der Waals surface area (Å²) in [5, 5.41) is 15.8. The average molecular weight is 357 g/mol. The van der Waals surface area contributed by atoms with Crippen molar-refractivity contribution >= 4 is 17.3 Å². The van der Waals surface area contributed by atoms with Gasteiger partial charge in [0.1, 0.15) is 0 Å². The molecule has 2 saturated carbocycles. The molecule has 136 valence electrons. The number of hydrogen-bond donors (Lipinski definition) is 2. The smallest absolute Gasteiger partial charge is 0.221 e. The predicted octanol–water partition coefficient (Wildman–Crippen LogP) is 4.81. The van der Waals surface area contributed by atoms with Crippen LogP contribution in [0.2, 0.25) is 0 Å². The number of amides is 1. The maximum absolute atomic E-state index is 11.5. The van der Waals surface area contributed by atoms with Crippen LogP contribution >= 0.6 is 0 Å². The van der Waals surface area contributed by atoms with Crippen LogP contribution in [-0.2, 0) is 4.79 Å². The number of nitriles is 1. The second-order valence-corrected chi connectivity index (χ2v) is 8.28. The van der Waals surface area contributed by atoms with E-state index in [0.717, 1.165) is 17.5 Å². The molecule has 0 spiro atoms. The summed E-state index contributed by atoms with van der Waals surface area (Å²) < 4.78 is 0. The van der Waals surface area contributed by atoms with Crippen molar-refractivity contribution in [2.24, 2.45) is 17.8 Å². The molecule has 5 atom stereocenters. The summed E-state index contributed by atoms with van der Waals surface area (Å²) in [5.74, 6) is 2.60. The maximum Gasteiger partial charge on any atom is 0.221 e. The molecule has 1 heterocycles. The van der Waals surface area contributed by atoms with Crippen molar-refractivity contribution in [1.29, 1.82) is 5.26 Å². The minimum atomic E-state index is -0.0290. The highest BCUT2D eigenvalue weighted by Crippen LogP contribution is 2.63. The molecule has 2 aromatic carbocycles. The van der Waals surface area contributed by atoms with Gasteiger partial charge in [-0.05, 0) is 84.4 Å². The van der Waals surface area contributed by atoms with Crippen molar-refractivity contribution < 1.29 is 4.79 Å². The van der Waals surface area contributed by atoms with Crippen molar-refractivity contribution in [3.63, 3.8) is 0 Å². The van der Waals surface area contributed by atoms with Crippen LogP contribution in [0.25, 0.3) is 0 Å². The molecule has 0 radical (unpaired) electrons. The zero-order chi connectivity index (χ0) is 18.5. The number of fused-ring (bicyclic) bond motifs is 7. The second kappa shape index (κ2) is 6.13. The summed E-state index contributed by atoms with van der Waals surface area (Å²) in [6, 6.07) is 16.8. The van der Waals surface area contributed by atoms with Crippen molar-refractivity contribution in [3.8, 4) is 6.07 Å². The second-order valence-electron chi connectivity index (χ2n) is 8.28. The van der Waals surface area contributed by atoms with Gasteiger partial charge in [-0.15, -0.1) is 0 Å². The fourth-order valence-corrected chi connectivity index (χ4v) is 5.86. The molecule has 4 nitrogen and oxygen atoms in total. The van der Waals surface area contributed by atoms with Gasteiger partial charge in [0.2, 0.25) is 5.91 Å². The molecule has 0 aromatic heterocycles. The van der Waals surface area contributed by atoms with Crippen LogP contribution in [0.3, 0.4) is 0 Å². The predicted molar refractivity (Wildman–Crippen MR) is 105 cm³/mol. The lowest BCUT2D eigenvalue weighted by Crippen LogP contribution is -2.35.